The summed E-state index contributed by atoms with van der Waals surface area (Å²) in [5.41, 5.74) is 3.75. The molecule has 3 N–H and O–H groups in total. The molecule has 0 saturated heterocycles. The smallest absolute Gasteiger partial charge is 0.263 e. The van der Waals surface area contributed by atoms with Crippen molar-refractivity contribution >= 4 is 37.6 Å². The van der Waals surface area contributed by atoms with E-state index in [1.54, 1.807) is 6.07 Å². The Balaban J connectivity index is 1.57. The molecule has 0 aliphatic carbocycles. The highest BCUT2D eigenvalue weighted by Gasteiger charge is 2.21. The van der Waals surface area contributed by atoms with Crippen molar-refractivity contribution in [3.05, 3.63) is 96.1 Å². The van der Waals surface area contributed by atoms with Crippen molar-refractivity contribution in [3.8, 4) is 17.1 Å². The number of aromatic amines is 2. The number of nitrogens with zero attached hydrogens (tertiary/aromatic N) is 1. The molecule has 0 spiro atoms. The predicted molar refractivity (Wildman–Crippen MR) is 161 cm³/mol. The lowest BCUT2D eigenvalue weighted by atomic mass is 9.99. The fourth-order valence-electron chi connectivity index (χ4n) is 4.74. The van der Waals surface area contributed by atoms with Crippen LogP contribution in [0.15, 0.2) is 79.4 Å². The standard InChI is InChI=1S/C31H30F2N4O5S/c1-3-28(38)34-11-12-41-27-17-21(30(19-7-5-4-6-8-19)42-13-14-43(2,39)40)16-24-23(27)18-26(35-24)29-22-10-9-20(31(32)33)15-25(22)36-37-29/h3-10,15-18,30-31,35H,1,11-14H2,2H3,(H,34,38)(H,36,37). The van der Waals surface area contributed by atoms with Crippen LogP contribution in [0.2, 0.25) is 0 Å². The Morgan fingerprint density at radius 3 is 2.49 bits per heavy atom. The number of rotatable bonds is 13. The van der Waals surface area contributed by atoms with Crippen molar-refractivity contribution in [1.82, 2.24) is 20.5 Å². The van der Waals surface area contributed by atoms with Gasteiger partial charge in [0.2, 0.25) is 5.91 Å². The Kier molecular flexibility index (Phi) is 8.88. The number of hydrogen-bond donors (Lipinski definition) is 3. The van der Waals surface area contributed by atoms with Gasteiger partial charge >= 0.3 is 0 Å². The molecule has 3 aromatic carbocycles. The quantitative estimate of drug-likeness (QED) is 0.120. The van der Waals surface area contributed by atoms with Gasteiger partial charge < -0.3 is 19.8 Å². The second-order valence-electron chi connectivity index (χ2n) is 9.98. The van der Waals surface area contributed by atoms with Crippen LogP contribution >= 0.6 is 0 Å². The second kappa shape index (κ2) is 12.8. The fraction of sp³-hybridized carbons (Fsp3) is 0.226. The molecule has 5 aromatic rings. The lowest BCUT2D eigenvalue weighted by molar-refractivity contribution is -0.116. The summed E-state index contributed by atoms with van der Waals surface area (Å²) < 4.78 is 62.4. The molecular formula is C31H30F2N4O5S. The average molecular weight is 609 g/mol. The van der Waals surface area contributed by atoms with Crippen LogP contribution in [0.25, 0.3) is 33.2 Å². The SMILES string of the molecule is C=CC(=O)NCCOc1cc(C(OCCS(C)(=O)=O)c2ccccc2)cc2[nH]c(-c3n[nH]c4cc(C(F)F)ccc34)cc12. The monoisotopic (exact) mass is 608 g/mol. The summed E-state index contributed by atoms with van der Waals surface area (Å²) in [5, 5.41) is 11.3. The van der Waals surface area contributed by atoms with Crippen molar-refractivity contribution < 1.29 is 31.5 Å². The van der Waals surface area contributed by atoms with Gasteiger partial charge in [-0.25, -0.2) is 17.2 Å². The number of benzene rings is 3. The molecular weight excluding hydrogens is 578 g/mol. The number of carbonyl (C=O) groups is 1. The van der Waals surface area contributed by atoms with Gasteiger partial charge in [-0.15, -0.1) is 0 Å². The lowest BCUT2D eigenvalue weighted by Gasteiger charge is -2.20. The van der Waals surface area contributed by atoms with Crippen LogP contribution in [-0.4, -0.2) is 61.3 Å². The summed E-state index contributed by atoms with van der Waals surface area (Å²) in [7, 11) is -3.25. The molecule has 224 valence electrons. The van der Waals surface area contributed by atoms with Crippen molar-refractivity contribution in [2.75, 3.05) is 31.8 Å². The molecule has 0 fully saturated rings. The third kappa shape index (κ3) is 7.09. The number of halogens is 2. The van der Waals surface area contributed by atoms with Gasteiger partial charge in [-0.2, -0.15) is 5.10 Å². The molecule has 0 radical (unpaired) electrons. The van der Waals surface area contributed by atoms with Crippen molar-refractivity contribution in [2.24, 2.45) is 0 Å². The number of ether oxygens (including phenoxy) is 2. The van der Waals surface area contributed by atoms with Crippen molar-refractivity contribution in [1.29, 1.82) is 0 Å². The molecule has 2 aromatic heterocycles. The van der Waals surface area contributed by atoms with E-state index in [0.717, 1.165) is 17.2 Å². The summed E-state index contributed by atoms with van der Waals surface area (Å²) in [6.45, 7) is 3.82. The van der Waals surface area contributed by atoms with E-state index >= 15 is 0 Å². The van der Waals surface area contributed by atoms with Crippen LogP contribution in [0.5, 0.6) is 5.75 Å². The first-order chi connectivity index (χ1) is 20.6. The van der Waals surface area contributed by atoms with E-state index in [-0.39, 0.29) is 37.0 Å². The topological polar surface area (TPSA) is 126 Å². The van der Waals surface area contributed by atoms with E-state index in [0.29, 0.717) is 39.1 Å². The van der Waals surface area contributed by atoms with Crippen LogP contribution in [-0.2, 0) is 19.4 Å². The first kappa shape index (κ1) is 29.9. The van der Waals surface area contributed by atoms with Gasteiger partial charge in [0.15, 0.2) is 0 Å². The third-order valence-corrected chi connectivity index (χ3v) is 7.71. The zero-order valence-corrected chi connectivity index (χ0v) is 24.1. The predicted octanol–water partition coefficient (Wildman–Crippen LogP) is 5.48. The summed E-state index contributed by atoms with van der Waals surface area (Å²) in [5.74, 6) is 0.0301. The number of nitrogens with one attached hydrogen (secondary N) is 3. The van der Waals surface area contributed by atoms with Gasteiger partial charge in [-0.05, 0) is 41.5 Å². The highest BCUT2D eigenvalue weighted by Crippen LogP contribution is 2.38. The lowest BCUT2D eigenvalue weighted by Crippen LogP contribution is -2.26. The fourth-order valence-corrected chi connectivity index (χ4v) is 5.14. The number of fused-ring (bicyclic) bond motifs is 2. The molecule has 1 unspecified atom stereocenters. The molecule has 12 heteroatoms. The van der Waals surface area contributed by atoms with E-state index in [1.165, 1.54) is 18.2 Å². The van der Waals surface area contributed by atoms with Crippen LogP contribution < -0.4 is 10.1 Å². The molecule has 2 heterocycles. The molecule has 0 saturated carbocycles. The Bertz CT molecular complexity index is 1870. The van der Waals surface area contributed by atoms with Gasteiger partial charge in [0.25, 0.3) is 6.43 Å². The summed E-state index contributed by atoms with van der Waals surface area (Å²) >= 11 is 0. The third-order valence-electron chi connectivity index (χ3n) is 6.80. The molecule has 43 heavy (non-hydrogen) atoms. The number of alkyl halides is 2. The minimum atomic E-state index is -3.25. The molecule has 0 aliphatic heterocycles. The number of aromatic nitrogens is 3. The van der Waals surface area contributed by atoms with Gasteiger partial charge in [0.05, 0.1) is 35.6 Å². The molecule has 0 aliphatic rings. The Morgan fingerprint density at radius 1 is 1.00 bits per heavy atom. The minimum absolute atomic E-state index is 0.0178. The van der Waals surface area contributed by atoms with Gasteiger partial charge in [-0.3, -0.25) is 9.89 Å². The number of sulfone groups is 1. The summed E-state index contributed by atoms with van der Waals surface area (Å²) in [4.78, 5) is 15.0. The first-order valence-electron chi connectivity index (χ1n) is 13.4. The summed E-state index contributed by atoms with van der Waals surface area (Å²) in [6.07, 6.45) is -0.879. The molecule has 0 bridgehead atoms. The number of hydrogen-bond acceptors (Lipinski definition) is 6. The van der Waals surface area contributed by atoms with Gasteiger partial charge in [0.1, 0.15) is 34.0 Å². The van der Waals surface area contributed by atoms with Crippen LogP contribution in [0.4, 0.5) is 8.78 Å². The zero-order valence-electron chi connectivity index (χ0n) is 23.3. The van der Waals surface area contributed by atoms with Gasteiger partial charge in [0, 0.05) is 22.6 Å². The zero-order chi connectivity index (χ0) is 30.6. The maximum absolute atomic E-state index is 13.2. The van der Waals surface area contributed by atoms with Gasteiger partial charge in [-0.1, -0.05) is 49.0 Å². The van der Waals surface area contributed by atoms with Crippen LogP contribution in [0.1, 0.15) is 29.2 Å². The largest absolute Gasteiger partial charge is 0.491 e. The molecule has 1 amide bonds. The Morgan fingerprint density at radius 2 is 1.77 bits per heavy atom. The van der Waals surface area contributed by atoms with E-state index in [4.69, 9.17) is 9.47 Å². The normalized spacial score (nSPS) is 12.6. The maximum Gasteiger partial charge on any atom is 0.263 e. The molecule has 9 nitrogen and oxygen atoms in total. The van der Waals surface area contributed by atoms with E-state index in [1.807, 2.05) is 48.5 Å². The van der Waals surface area contributed by atoms with Crippen LogP contribution in [0, 0.1) is 0 Å². The Labute approximate surface area is 246 Å². The van der Waals surface area contributed by atoms with Crippen molar-refractivity contribution in [3.63, 3.8) is 0 Å². The second-order valence-corrected chi connectivity index (χ2v) is 12.2. The highest BCUT2D eigenvalue weighted by molar-refractivity contribution is 7.90. The number of amides is 1. The number of carbonyl (C=O) groups excluding carboxylic acids is 1. The van der Waals surface area contributed by atoms with E-state index < -0.39 is 22.4 Å². The minimum Gasteiger partial charge on any atom is -0.491 e. The summed E-state index contributed by atoms with van der Waals surface area (Å²) in [6, 6.07) is 19.3. The van der Waals surface area contributed by atoms with Crippen molar-refractivity contribution in [2.45, 2.75) is 12.5 Å². The average Bonchev–Trinajstić information content (AvgIpc) is 3.61. The maximum atomic E-state index is 13.2. The van der Waals surface area contributed by atoms with E-state index in [9.17, 15) is 22.0 Å². The van der Waals surface area contributed by atoms with Crippen LogP contribution in [0.3, 0.4) is 0 Å². The Hall–Kier alpha value is -4.55. The number of H-pyrrole nitrogens is 2. The molecule has 5 rings (SSSR count). The first-order valence-corrected chi connectivity index (χ1v) is 15.5. The highest BCUT2D eigenvalue weighted by atomic mass is 32.2. The molecule has 1 atom stereocenters. The van der Waals surface area contributed by atoms with E-state index in [2.05, 4.69) is 27.1 Å².